The smallest absolute Gasteiger partial charge is 0.138 e. The van der Waals surface area contributed by atoms with E-state index in [2.05, 4.69) is 161 Å². The van der Waals surface area contributed by atoms with Crippen LogP contribution < -0.4 is 0 Å². The molecule has 214 valence electrons. The van der Waals surface area contributed by atoms with Crippen molar-refractivity contribution in [3.8, 4) is 22.8 Å². The third kappa shape index (κ3) is 3.61. The molecule has 0 aliphatic heterocycles. The fourth-order valence-corrected chi connectivity index (χ4v) is 7.24. The van der Waals surface area contributed by atoms with Crippen LogP contribution in [0.15, 0.2) is 158 Å². The molecule has 6 aromatic carbocycles. The molecule has 0 saturated carbocycles. The van der Waals surface area contributed by atoms with Gasteiger partial charge in [-0.2, -0.15) is 0 Å². The van der Waals surface area contributed by atoms with Crippen molar-refractivity contribution >= 4 is 65.4 Å². The summed E-state index contributed by atoms with van der Waals surface area (Å²) in [6.07, 6.45) is 0. The Kier molecular flexibility index (Phi) is 5.25. The number of nitrogens with zero attached hydrogens (tertiary/aromatic N) is 4. The zero-order chi connectivity index (χ0) is 30.2. The van der Waals surface area contributed by atoms with Crippen LogP contribution in [0, 0.1) is 0 Å². The van der Waals surface area contributed by atoms with E-state index in [1.807, 2.05) is 6.07 Å². The van der Waals surface area contributed by atoms with Gasteiger partial charge < -0.3 is 0 Å². The minimum Gasteiger partial charge on any atom is -0.294 e. The van der Waals surface area contributed by atoms with Crippen molar-refractivity contribution in [1.82, 2.24) is 19.1 Å². The number of pyridine rings is 2. The number of para-hydroxylation sites is 3. The maximum Gasteiger partial charge on any atom is 0.138 e. The van der Waals surface area contributed by atoms with Crippen molar-refractivity contribution in [2.45, 2.75) is 0 Å². The largest absolute Gasteiger partial charge is 0.294 e. The Morgan fingerprint density at radius 2 is 0.913 bits per heavy atom. The number of aromatic nitrogens is 4. The maximum atomic E-state index is 5.28. The van der Waals surface area contributed by atoms with Crippen LogP contribution in [-0.2, 0) is 0 Å². The molecule has 0 fully saturated rings. The Hall–Kier alpha value is -6.26. The van der Waals surface area contributed by atoms with Gasteiger partial charge in [0.15, 0.2) is 0 Å². The summed E-state index contributed by atoms with van der Waals surface area (Å²) in [5.74, 6) is 1.82. The molecule has 46 heavy (non-hydrogen) atoms. The number of rotatable bonds is 3. The first-order valence-corrected chi connectivity index (χ1v) is 15.6. The molecule has 0 radical (unpaired) electrons. The van der Waals surface area contributed by atoms with Crippen LogP contribution in [0.3, 0.4) is 0 Å². The van der Waals surface area contributed by atoms with E-state index >= 15 is 0 Å². The lowest BCUT2D eigenvalue weighted by molar-refractivity contribution is 1.10. The van der Waals surface area contributed by atoms with Gasteiger partial charge in [0.25, 0.3) is 0 Å². The maximum absolute atomic E-state index is 5.28. The second-order valence-electron chi connectivity index (χ2n) is 11.9. The molecular weight excluding hydrogens is 560 g/mol. The second kappa shape index (κ2) is 9.62. The van der Waals surface area contributed by atoms with Crippen molar-refractivity contribution in [3.05, 3.63) is 158 Å². The van der Waals surface area contributed by atoms with Gasteiger partial charge in [0.05, 0.1) is 33.1 Å². The monoisotopic (exact) mass is 586 g/mol. The summed E-state index contributed by atoms with van der Waals surface area (Å²) in [4.78, 5) is 10.4. The van der Waals surface area contributed by atoms with Gasteiger partial charge in [-0.15, -0.1) is 0 Å². The van der Waals surface area contributed by atoms with Gasteiger partial charge in [0.2, 0.25) is 0 Å². The lowest BCUT2D eigenvalue weighted by Crippen LogP contribution is -1.98. The first-order chi connectivity index (χ1) is 22.8. The molecule has 0 amide bonds. The van der Waals surface area contributed by atoms with E-state index in [0.717, 1.165) is 55.5 Å². The quantitative estimate of drug-likeness (QED) is 0.206. The standard InChI is InChI=1S/C42H26N4/c1-2-11-27(12-3-1)29-16-10-18-36-30(29)22-24-42(44-36)46-38-20-9-6-15-32(38)34-25-39-33(26-40(34)46)31-14-5-8-19-37(31)45(39)41-23-21-28-13-4-7-17-35(28)43-41/h1-26H. The molecule has 4 heterocycles. The summed E-state index contributed by atoms with van der Waals surface area (Å²) in [6, 6.07) is 55.9. The van der Waals surface area contributed by atoms with Crippen molar-refractivity contribution < 1.29 is 0 Å². The molecule has 0 bridgehead atoms. The van der Waals surface area contributed by atoms with E-state index < -0.39 is 0 Å². The highest BCUT2D eigenvalue weighted by molar-refractivity contribution is 6.19. The van der Waals surface area contributed by atoms with Crippen molar-refractivity contribution in [2.24, 2.45) is 0 Å². The molecule has 0 aliphatic rings. The SMILES string of the molecule is c1ccc(-c2cccc3nc(-n4c5ccccc5c5cc6c(cc54)c4ccccc4n6-c4ccc5ccccc5n4)ccc23)cc1. The minimum absolute atomic E-state index is 0.906. The van der Waals surface area contributed by atoms with Crippen LogP contribution in [0.1, 0.15) is 0 Å². The summed E-state index contributed by atoms with van der Waals surface area (Å²) < 4.78 is 4.63. The Morgan fingerprint density at radius 3 is 1.63 bits per heavy atom. The molecule has 10 aromatic rings. The Bertz CT molecular complexity index is 2810. The summed E-state index contributed by atoms with van der Waals surface area (Å²) >= 11 is 0. The number of hydrogen-bond donors (Lipinski definition) is 0. The van der Waals surface area contributed by atoms with E-state index in [-0.39, 0.29) is 0 Å². The molecule has 0 saturated heterocycles. The Morgan fingerprint density at radius 1 is 0.348 bits per heavy atom. The van der Waals surface area contributed by atoms with Gasteiger partial charge >= 0.3 is 0 Å². The van der Waals surface area contributed by atoms with E-state index in [0.29, 0.717) is 0 Å². The molecule has 10 rings (SSSR count). The van der Waals surface area contributed by atoms with E-state index in [9.17, 15) is 0 Å². The molecule has 4 nitrogen and oxygen atoms in total. The van der Waals surface area contributed by atoms with Gasteiger partial charge in [-0.05, 0) is 71.8 Å². The second-order valence-corrected chi connectivity index (χ2v) is 11.9. The van der Waals surface area contributed by atoms with E-state index in [1.165, 1.54) is 32.7 Å². The van der Waals surface area contributed by atoms with Gasteiger partial charge in [-0.3, -0.25) is 9.13 Å². The molecule has 0 aliphatic carbocycles. The summed E-state index contributed by atoms with van der Waals surface area (Å²) in [5, 5.41) is 7.05. The molecule has 4 heteroatoms. The van der Waals surface area contributed by atoms with Gasteiger partial charge in [0, 0.05) is 32.3 Å². The van der Waals surface area contributed by atoms with E-state index in [1.54, 1.807) is 0 Å². The fraction of sp³-hybridized carbons (Fsp3) is 0. The summed E-state index contributed by atoms with van der Waals surface area (Å²) in [5.41, 5.74) is 8.89. The van der Waals surface area contributed by atoms with Crippen LogP contribution >= 0.6 is 0 Å². The predicted molar refractivity (Wildman–Crippen MR) is 191 cm³/mol. The van der Waals surface area contributed by atoms with Crippen LogP contribution in [0.25, 0.3) is 88.2 Å². The molecule has 0 unspecified atom stereocenters. The third-order valence-corrected chi connectivity index (χ3v) is 9.31. The normalized spacial score (nSPS) is 11.9. The lowest BCUT2D eigenvalue weighted by atomic mass is 10.0. The molecule has 0 N–H and O–H groups in total. The van der Waals surface area contributed by atoms with Gasteiger partial charge in [0.1, 0.15) is 11.6 Å². The first-order valence-electron chi connectivity index (χ1n) is 15.6. The average molecular weight is 587 g/mol. The van der Waals surface area contributed by atoms with Crippen LogP contribution in [-0.4, -0.2) is 19.1 Å². The average Bonchev–Trinajstić information content (AvgIpc) is 3.62. The van der Waals surface area contributed by atoms with Crippen LogP contribution in [0.2, 0.25) is 0 Å². The van der Waals surface area contributed by atoms with E-state index in [4.69, 9.17) is 9.97 Å². The zero-order valence-electron chi connectivity index (χ0n) is 24.8. The van der Waals surface area contributed by atoms with Gasteiger partial charge in [-0.25, -0.2) is 9.97 Å². The third-order valence-electron chi connectivity index (χ3n) is 9.31. The number of benzene rings is 6. The van der Waals surface area contributed by atoms with Crippen molar-refractivity contribution in [3.63, 3.8) is 0 Å². The molecular formula is C42H26N4. The summed E-state index contributed by atoms with van der Waals surface area (Å²) in [6.45, 7) is 0. The summed E-state index contributed by atoms with van der Waals surface area (Å²) in [7, 11) is 0. The van der Waals surface area contributed by atoms with Crippen molar-refractivity contribution in [1.29, 1.82) is 0 Å². The Balaban J connectivity index is 1.26. The van der Waals surface area contributed by atoms with Crippen molar-refractivity contribution in [2.75, 3.05) is 0 Å². The first kappa shape index (κ1) is 25.1. The van der Waals surface area contributed by atoms with Crippen LogP contribution in [0.5, 0.6) is 0 Å². The topological polar surface area (TPSA) is 35.6 Å². The highest BCUT2D eigenvalue weighted by Crippen LogP contribution is 2.39. The molecule has 0 spiro atoms. The highest BCUT2D eigenvalue weighted by atomic mass is 15.1. The minimum atomic E-state index is 0.906. The highest BCUT2D eigenvalue weighted by Gasteiger charge is 2.19. The lowest BCUT2D eigenvalue weighted by Gasteiger charge is -2.11. The van der Waals surface area contributed by atoms with Crippen LogP contribution in [0.4, 0.5) is 0 Å². The predicted octanol–water partition coefficient (Wildman–Crippen LogP) is 10.6. The zero-order valence-corrected chi connectivity index (χ0v) is 24.8. The number of fused-ring (bicyclic) bond motifs is 8. The number of hydrogen-bond acceptors (Lipinski definition) is 2. The molecule has 4 aromatic heterocycles. The Labute approximate surface area is 264 Å². The van der Waals surface area contributed by atoms with Gasteiger partial charge in [-0.1, -0.05) is 97.1 Å². The molecule has 0 atom stereocenters. The fourth-order valence-electron chi connectivity index (χ4n) is 7.24.